The Bertz CT molecular complexity index is 1560. The van der Waals surface area contributed by atoms with Crippen LogP contribution in [0.4, 0.5) is 11.4 Å². The second-order valence-electron chi connectivity index (χ2n) is 10.1. The van der Waals surface area contributed by atoms with Gasteiger partial charge in [0.05, 0.1) is 19.1 Å². The van der Waals surface area contributed by atoms with Crippen LogP contribution in [0.25, 0.3) is 11.1 Å². The zero-order valence-corrected chi connectivity index (χ0v) is 27.7. The van der Waals surface area contributed by atoms with Gasteiger partial charge in [0, 0.05) is 36.5 Å². The van der Waals surface area contributed by atoms with Gasteiger partial charge in [-0.3, -0.25) is 14.9 Å². The number of non-ortho nitro benzene ring substituents is 1. The largest absolute Gasteiger partial charge is 0.497 e. The Morgan fingerprint density at radius 3 is 2.11 bits per heavy atom. The number of benzene rings is 4. The minimum Gasteiger partial charge on any atom is -0.497 e. The Kier molecular flexibility index (Phi) is 14.1. The summed E-state index contributed by atoms with van der Waals surface area (Å²) in [4.78, 5) is 38.9. The quantitative estimate of drug-likeness (QED) is 0.0853. The van der Waals surface area contributed by atoms with Crippen molar-refractivity contribution in [3.8, 4) is 16.9 Å². The van der Waals surface area contributed by atoms with Gasteiger partial charge in [0.15, 0.2) is 0 Å². The molecule has 4 aromatic carbocycles. The molecule has 0 saturated heterocycles. The minimum atomic E-state index is -0.759. The Morgan fingerprint density at radius 2 is 1.52 bits per heavy atom. The maximum Gasteiger partial charge on any atom is 0.328 e. The van der Waals surface area contributed by atoms with E-state index < -0.39 is 16.9 Å². The average Bonchev–Trinajstić information content (AvgIpc) is 3.10. The normalized spacial score (nSPS) is 11.0. The van der Waals surface area contributed by atoms with Gasteiger partial charge in [-0.05, 0) is 77.1 Å². The second-order valence-corrected chi connectivity index (χ2v) is 11.0. The van der Waals surface area contributed by atoms with Crippen LogP contribution < -0.4 is 15.0 Å². The van der Waals surface area contributed by atoms with Crippen LogP contribution in [-0.4, -0.2) is 49.1 Å². The van der Waals surface area contributed by atoms with E-state index in [1.807, 2.05) is 86.8 Å². The molecule has 0 bridgehead atoms. The average molecular weight is 644 g/mol. The van der Waals surface area contributed by atoms with E-state index in [1.165, 1.54) is 19.2 Å². The molecule has 0 fully saturated rings. The summed E-state index contributed by atoms with van der Waals surface area (Å²) in [7, 11) is 2.93. The van der Waals surface area contributed by atoms with Gasteiger partial charge in [-0.1, -0.05) is 62.4 Å². The van der Waals surface area contributed by atoms with Crippen LogP contribution in [0.1, 0.15) is 41.8 Å². The summed E-state index contributed by atoms with van der Waals surface area (Å²) in [6, 6.07) is 28.7. The third kappa shape index (κ3) is 9.84. The third-order valence-corrected chi connectivity index (χ3v) is 7.79. The van der Waals surface area contributed by atoms with Crippen LogP contribution in [0, 0.1) is 10.1 Å². The van der Waals surface area contributed by atoms with Crippen molar-refractivity contribution in [2.45, 2.75) is 39.4 Å². The summed E-state index contributed by atoms with van der Waals surface area (Å²) < 4.78 is 10.2. The molecule has 1 atom stereocenters. The van der Waals surface area contributed by atoms with Crippen LogP contribution >= 0.6 is 11.8 Å². The number of thioether (sulfide) groups is 1. The molecule has 1 N–H and O–H groups in total. The highest BCUT2D eigenvalue weighted by atomic mass is 32.2. The maximum atomic E-state index is 13.6. The van der Waals surface area contributed by atoms with Crippen molar-refractivity contribution in [2.75, 3.05) is 31.1 Å². The van der Waals surface area contributed by atoms with Gasteiger partial charge >= 0.3 is 5.97 Å². The number of nitro groups is 1. The van der Waals surface area contributed by atoms with E-state index in [9.17, 15) is 19.7 Å². The number of hydrogen-bond acceptors (Lipinski definition) is 8. The van der Waals surface area contributed by atoms with E-state index in [1.54, 1.807) is 37.1 Å². The van der Waals surface area contributed by atoms with Crippen LogP contribution in [-0.2, 0) is 22.6 Å². The molecule has 0 radical (unpaired) electrons. The van der Waals surface area contributed by atoms with E-state index in [0.717, 1.165) is 33.7 Å². The van der Waals surface area contributed by atoms with E-state index >= 15 is 0 Å². The second kappa shape index (κ2) is 18.2. The van der Waals surface area contributed by atoms with E-state index in [-0.39, 0.29) is 11.6 Å². The summed E-state index contributed by atoms with van der Waals surface area (Å²) >= 11 is 1.59. The summed E-state index contributed by atoms with van der Waals surface area (Å²) in [5.74, 6) is 0.594. The van der Waals surface area contributed by atoms with Crippen molar-refractivity contribution in [2.24, 2.45) is 0 Å². The van der Waals surface area contributed by atoms with E-state index in [2.05, 4.69) is 10.2 Å². The molecule has 10 heteroatoms. The molecule has 1 unspecified atom stereocenters. The van der Waals surface area contributed by atoms with Crippen LogP contribution in [0.5, 0.6) is 5.75 Å². The third-order valence-electron chi connectivity index (χ3n) is 7.15. The van der Waals surface area contributed by atoms with E-state index in [0.29, 0.717) is 30.8 Å². The highest BCUT2D eigenvalue weighted by Crippen LogP contribution is 2.29. The molecule has 0 saturated carbocycles. The molecule has 0 aliphatic carbocycles. The van der Waals surface area contributed by atoms with Gasteiger partial charge < -0.3 is 19.7 Å². The first kappa shape index (κ1) is 35.6. The van der Waals surface area contributed by atoms with Gasteiger partial charge in [-0.25, -0.2) is 4.79 Å². The molecule has 46 heavy (non-hydrogen) atoms. The molecule has 4 rings (SSSR count). The molecule has 0 aromatic heterocycles. The van der Waals surface area contributed by atoms with E-state index in [4.69, 9.17) is 9.47 Å². The lowest BCUT2D eigenvalue weighted by Crippen LogP contribution is -2.42. The molecular formula is C36H41N3O6S. The zero-order chi connectivity index (χ0) is 33.5. The Morgan fingerprint density at radius 1 is 0.891 bits per heavy atom. The fourth-order valence-electron chi connectivity index (χ4n) is 4.80. The van der Waals surface area contributed by atoms with Gasteiger partial charge in [-0.15, -0.1) is 0 Å². The van der Waals surface area contributed by atoms with Crippen molar-refractivity contribution in [1.29, 1.82) is 0 Å². The fraction of sp³-hybridized carbons (Fsp3) is 0.278. The highest BCUT2D eigenvalue weighted by molar-refractivity contribution is 7.98. The van der Waals surface area contributed by atoms with Crippen molar-refractivity contribution in [3.63, 3.8) is 0 Å². The zero-order valence-electron chi connectivity index (χ0n) is 26.9. The molecule has 9 nitrogen and oxygen atoms in total. The number of hydrogen-bond donors (Lipinski definition) is 1. The summed E-state index contributed by atoms with van der Waals surface area (Å²) in [5, 5.41) is 14.1. The number of esters is 1. The number of nitro benzene ring substituents is 1. The summed E-state index contributed by atoms with van der Waals surface area (Å²) in [6.07, 6.45) is 2.39. The number of rotatable bonds is 14. The van der Waals surface area contributed by atoms with Gasteiger partial charge in [0.1, 0.15) is 11.8 Å². The minimum absolute atomic E-state index is 0.0164. The molecule has 0 heterocycles. The van der Waals surface area contributed by atoms with Crippen LogP contribution in [0.3, 0.4) is 0 Å². The van der Waals surface area contributed by atoms with Crippen LogP contribution in [0.15, 0.2) is 97.1 Å². The fourth-order valence-corrected chi connectivity index (χ4v) is 5.27. The Balaban J connectivity index is 0.00000282. The van der Waals surface area contributed by atoms with Gasteiger partial charge in [0.2, 0.25) is 0 Å². The van der Waals surface area contributed by atoms with Crippen molar-refractivity contribution < 1.29 is 24.0 Å². The first-order valence-corrected chi connectivity index (χ1v) is 16.4. The first-order valence-electron chi connectivity index (χ1n) is 15.0. The smallest absolute Gasteiger partial charge is 0.328 e. The maximum absolute atomic E-state index is 13.6. The predicted octanol–water partition coefficient (Wildman–Crippen LogP) is 7.53. The Labute approximate surface area is 275 Å². The lowest BCUT2D eigenvalue weighted by Gasteiger charge is -2.26. The summed E-state index contributed by atoms with van der Waals surface area (Å²) in [6.45, 7) is 4.99. The summed E-state index contributed by atoms with van der Waals surface area (Å²) in [5.41, 5.74) is 4.81. The lowest BCUT2D eigenvalue weighted by molar-refractivity contribution is -0.384. The number of carbonyl (C=O) groups is 2. The monoisotopic (exact) mass is 643 g/mol. The molecule has 0 spiro atoms. The number of ether oxygens (including phenoxy) is 2. The number of nitrogens with zero attached hydrogens (tertiary/aromatic N) is 2. The van der Waals surface area contributed by atoms with Crippen molar-refractivity contribution in [1.82, 2.24) is 5.32 Å². The van der Waals surface area contributed by atoms with Crippen LogP contribution in [0.2, 0.25) is 0 Å². The SMILES string of the molecule is CC.COC(=O)C(CCSC)NC(=O)c1ccc(CN(Cc2ccc(OC)cc2)c2ccc([N+](=O)[O-])cc2)cc1-c1ccccc1. The molecule has 1 amide bonds. The molecular weight excluding hydrogens is 602 g/mol. The molecule has 4 aromatic rings. The molecule has 0 aliphatic rings. The van der Waals surface area contributed by atoms with Gasteiger partial charge in [0.25, 0.3) is 11.6 Å². The number of amides is 1. The number of anilines is 1. The van der Waals surface area contributed by atoms with Gasteiger partial charge in [-0.2, -0.15) is 11.8 Å². The lowest BCUT2D eigenvalue weighted by atomic mass is 9.96. The number of carbonyl (C=O) groups excluding carboxylic acids is 2. The Hall–Kier alpha value is -4.83. The number of methoxy groups -OCH3 is 2. The highest BCUT2D eigenvalue weighted by Gasteiger charge is 2.24. The number of nitrogens with one attached hydrogen (secondary N) is 1. The topological polar surface area (TPSA) is 111 Å². The predicted molar refractivity (Wildman–Crippen MR) is 185 cm³/mol. The van der Waals surface area contributed by atoms with Crippen molar-refractivity contribution in [3.05, 3.63) is 124 Å². The standard InChI is InChI=1S/C34H35N3O6S.C2H6/c1-42-29-16-9-24(10-17-29)22-36(27-12-14-28(15-13-27)37(40)41)23-25-11-18-30(31(21-25)26-7-5-4-6-8-26)33(38)35-32(19-20-44-3)34(39)43-2;1-2/h4-18,21,32H,19-20,22-23H2,1-3H3,(H,35,38);1-2H3. The molecule has 242 valence electrons. The first-order chi connectivity index (χ1) is 22.3. The molecule has 0 aliphatic heterocycles. The van der Waals surface area contributed by atoms with Crippen molar-refractivity contribution >= 4 is 35.0 Å².